The molecule has 1 aliphatic rings. The lowest BCUT2D eigenvalue weighted by Crippen LogP contribution is -2.29. The molecular weight excluding hydrogens is 254 g/mol. The number of methoxy groups -OCH3 is 1. The molecule has 0 N–H and O–H groups in total. The van der Waals surface area contributed by atoms with Gasteiger partial charge in [-0.25, -0.2) is 4.79 Å². The largest absolute Gasteiger partial charge is 0.463 e. The Morgan fingerprint density at radius 3 is 2.75 bits per heavy atom. The van der Waals surface area contributed by atoms with Crippen LogP contribution in [-0.4, -0.2) is 31.6 Å². The van der Waals surface area contributed by atoms with Crippen molar-refractivity contribution in [2.24, 2.45) is 5.92 Å². The summed E-state index contributed by atoms with van der Waals surface area (Å²) in [4.78, 5) is 13.7. The molecule has 0 aliphatic heterocycles. The Kier molecular flexibility index (Phi) is 5.24. The minimum Gasteiger partial charge on any atom is -0.463 e. The van der Waals surface area contributed by atoms with E-state index in [1.807, 2.05) is 6.07 Å². The van der Waals surface area contributed by atoms with E-state index in [9.17, 15) is 4.79 Å². The highest BCUT2D eigenvalue weighted by atomic mass is 16.5. The maximum atomic E-state index is 11.4. The molecule has 0 amide bonds. The fraction of sp³-hybridized carbons (Fsp3) is 0.688. The van der Waals surface area contributed by atoms with Gasteiger partial charge in [-0.15, -0.1) is 0 Å². The van der Waals surface area contributed by atoms with Crippen LogP contribution in [0.1, 0.15) is 61.4 Å². The molecule has 1 unspecified atom stereocenters. The molecule has 4 nitrogen and oxygen atoms in total. The molecule has 0 aromatic carbocycles. The third-order valence-corrected chi connectivity index (χ3v) is 4.36. The quantitative estimate of drug-likeness (QED) is 0.772. The van der Waals surface area contributed by atoms with E-state index in [-0.39, 0.29) is 11.8 Å². The van der Waals surface area contributed by atoms with Gasteiger partial charge in [0, 0.05) is 6.54 Å². The van der Waals surface area contributed by atoms with Crippen LogP contribution in [0.5, 0.6) is 0 Å². The van der Waals surface area contributed by atoms with Crippen LogP contribution in [-0.2, 0) is 4.74 Å². The molecule has 1 fully saturated rings. The van der Waals surface area contributed by atoms with Gasteiger partial charge in [-0.2, -0.15) is 0 Å². The molecular formula is C16H25NO3. The Balaban J connectivity index is 1.93. The lowest BCUT2D eigenvalue weighted by Gasteiger charge is -2.30. The maximum absolute atomic E-state index is 11.4. The molecule has 0 bridgehead atoms. The van der Waals surface area contributed by atoms with E-state index in [0.29, 0.717) is 0 Å². The van der Waals surface area contributed by atoms with Crippen molar-refractivity contribution in [3.05, 3.63) is 23.7 Å². The normalized spacial score (nSPS) is 18.2. The maximum Gasteiger partial charge on any atom is 0.373 e. The molecule has 1 atom stereocenters. The van der Waals surface area contributed by atoms with Gasteiger partial charge in [-0.05, 0) is 44.9 Å². The molecule has 4 heteroatoms. The predicted octanol–water partition coefficient (Wildman–Crippen LogP) is 3.64. The van der Waals surface area contributed by atoms with Crippen LogP contribution in [0.15, 0.2) is 16.5 Å². The van der Waals surface area contributed by atoms with Crippen LogP contribution in [0, 0.1) is 5.92 Å². The summed E-state index contributed by atoms with van der Waals surface area (Å²) >= 11 is 0. The van der Waals surface area contributed by atoms with Crippen LogP contribution >= 0.6 is 0 Å². The van der Waals surface area contributed by atoms with Crippen molar-refractivity contribution >= 4 is 5.97 Å². The number of esters is 1. The topological polar surface area (TPSA) is 42.7 Å². The summed E-state index contributed by atoms with van der Waals surface area (Å²) in [5.41, 5.74) is 0. The zero-order valence-electron chi connectivity index (χ0n) is 12.7. The van der Waals surface area contributed by atoms with Gasteiger partial charge in [0.1, 0.15) is 5.76 Å². The lowest BCUT2D eigenvalue weighted by molar-refractivity contribution is 0.0559. The first-order chi connectivity index (χ1) is 9.61. The van der Waals surface area contributed by atoms with Crippen molar-refractivity contribution in [1.82, 2.24) is 4.90 Å². The zero-order valence-corrected chi connectivity index (χ0v) is 12.7. The van der Waals surface area contributed by atoms with E-state index in [0.717, 1.165) is 18.2 Å². The van der Waals surface area contributed by atoms with Gasteiger partial charge in [0.05, 0.1) is 13.2 Å². The molecule has 112 valence electrons. The van der Waals surface area contributed by atoms with Gasteiger partial charge >= 0.3 is 5.97 Å². The van der Waals surface area contributed by atoms with Gasteiger partial charge in [-0.1, -0.05) is 19.3 Å². The van der Waals surface area contributed by atoms with Crippen molar-refractivity contribution in [2.75, 3.05) is 20.7 Å². The molecule has 0 spiro atoms. The van der Waals surface area contributed by atoms with Gasteiger partial charge in [0.15, 0.2) is 0 Å². The van der Waals surface area contributed by atoms with Crippen molar-refractivity contribution < 1.29 is 13.9 Å². The summed E-state index contributed by atoms with van der Waals surface area (Å²) in [6, 6.07) is 3.73. The number of carbonyl (C=O) groups is 1. The van der Waals surface area contributed by atoms with Crippen LogP contribution in [0.4, 0.5) is 0 Å². The summed E-state index contributed by atoms with van der Waals surface area (Å²) < 4.78 is 10.3. The van der Waals surface area contributed by atoms with Crippen LogP contribution < -0.4 is 0 Å². The first kappa shape index (κ1) is 15.1. The SMILES string of the molecule is COC(=O)c1ccc(C(C)N(C)CC2CCCCC2)o1. The minimum absolute atomic E-state index is 0.176. The lowest BCUT2D eigenvalue weighted by atomic mass is 9.89. The van der Waals surface area contributed by atoms with Crippen molar-refractivity contribution in [3.63, 3.8) is 0 Å². The summed E-state index contributed by atoms with van der Waals surface area (Å²) in [6.45, 7) is 3.21. The number of carbonyl (C=O) groups excluding carboxylic acids is 1. The van der Waals surface area contributed by atoms with E-state index in [4.69, 9.17) is 4.42 Å². The smallest absolute Gasteiger partial charge is 0.373 e. The Morgan fingerprint density at radius 2 is 2.10 bits per heavy atom. The van der Waals surface area contributed by atoms with E-state index >= 15 is 0 Å². The molecule has 1 heterocycles. The molecule has 1 saturated carbocycles. The van der Waals surface area contributed by atoms with Crippen molar-refractivity contribution in [3.8, 4) is 0 Å². The monoisotopic (exact) mass is 279 g/mol. The van der Waals surface area contributed by atoms with Gasteiger partial charge in [0.25, 0.3) is 0 Å². The van der Waals surface area contributed by atoms with Crippen molar-refractivity contribution in [1.29, 1.82) is 0 Å². The standard InChI is InChI=1S/C16H25NO3/c1-12(14-9-10-15(20-14)16(18)19-3)17(2)11-13-7-5-4-6-8-13/h9-10,12-13H,4-8,11H2,1-3H3. The average Bonchev–Trinajstić information content (AvgIpc) is 2.96. The molecule has 1 aromatic rings. The summed E-state index contributed by atoms with van der Waals surface area (Å²) in [6.07, 6.45) is 6.78. The fourth-order valence-corrected chi connectivity index (χ4v) is 2.94. The second-order valence-corrected chi connectivity index (χ2v) is 5.81. The molecule has 0 saturated heterocycles. The predicted molar refractivity (Wildman–Crippen MR) is 77.7 cm³/mol. The van der Waals surface area contributed by atoms with E-state index in [1.165, 1.54) is 39.2 Å². The average molecular weight is 279 g/mol. The van der Waals surface area contributed by atoms with Crippen LogP contribution in [0.2, 0.25) is 0 Å². The first-order valence-corrected chi connectivity index (χ1v) is 7.50. The highest BCUT2D eigenvalue weighted by molar-refractivity contribution is 5.86. The highest BCUT2D eigenvalue weighted by Crippen LogP contribution is 2.28. The van der Waals surface area contributed by atoms with Gasteiger partial charge in [0.2, 0.25) is 5.76 Å². The molecule has 20 heavy (non-hydrogen) atoms. The third-order valence-electron chi connectivity index (χ3n) is 4.36. The summed E-state index contributed by atoms with van der Waals surface area (Å²) in [5.74, 6) is 1.48. The van der Waals surface area contributed by atoms with E-state index < -0.39 is 5.97 Å². The number of rotatable bonds is 5. The Hall–Kier alpha value is -1.29. The van der Waals surface area contributed by atoms with E-state index in [1.54, 1.807) is 6.07 Å². The number of nitrogens with zero attached hydrogens (tertiary/aromatic N) is 1. The number of ether oxygens (including phenoxy) is 1. The molecule has 1 aliphatic carbocycles. The Bertz CT molecular complexity index is 435. The molecule has 0 radical (unpaired) electrons. The number of furan rings is 1. The van der Waals surface area contributed by atoms with Gasteiger partial charge in [-0.3, -0.25) is 4.90 Å². The molecule has 2 rings (SSSR count). The second-order valence-electron chi connectivity index (χ2n) is 5.81. The van der Waals surface area contributed by atoms with Crippen LogP contribution in [0.25, 0.3) is 0 Å². The number of hydrogen-bond acceptors (Lipinski definition) is 4. The minimum atomic E-state index is -0.418. The summed E-state index contributed by atoms with van der Waals surface area (Å²) in [7, 11) is 3.49. The van der Waals surface area contributed by atoms with E-state index in [2.05, 4.69) is 23.6 Å². The Morgan fingerprint density at radius 1 is 1.40 bits per heavy atom. The zero-order chi connectivity index (χ0) is 14.5. The Labute approximate surface area is 121 Å². The third kappa shape index (κ3) is 3.63. The van der Waals surface area contributed by atoms with Crippen molar-refractivity contribution in [2.45, 2.75) is 45.1 Å². The fourth-order valence-electron chi connectivity index (χ4n) is 2.94. The van der Waals surface area contributed by atoms with Crippen LogP contribution in [0.3, 0.4) is 0 Å². The second kappa shape index (κ2) is 6.93. The first-order valence-electron chi connectivity index (χ1n) is 7.50. The molecule has 1 aromatic heterocycles. The highest BCUT2D eigenvalue weighted by Gasteiger charge is 2.22. The van der Waals surface area contributed by atoms with Gasteiger partial charge < -0.3 is 9.15 Å². The number of hydrogen-bond donors (Lipinski definition) is 0. The summed E-state index contributed by atoms with van der Waals surface area (Å²) in [5, 5.41) is 0.